The third-order valence-corrected chi connectivity index (χ3v) is 9.18. The number of benzene rings is 1. The first-order valence-electron chi connectivity index (χ1n) is 14.3. The molecule has 12 heteroatoms. The molecule has 2 unspecified atom stereocenters. The molecule has 2 N–H and O–H groups in total. The van der Waals surface area contributed by atoms with Gasteiger partial charge in [0, 0.05) is 34.7 Å². The minimum absolute atomic E-state index is 0.0873. The first-order chi connectivity index (χ1) is 19.9. The molecule has 1 aromatic heterocycles. The number of rotatable bonds is 8. The highest BCUT2D eigenvalue weighted by molar-refractivity contribution is 7.88. The second-order valence-corrected chi connectivity index (χ2v) is 13.7. The van der Waals surface area contributed by atoms with Crippen LogP contribution in [0.15, 0.2) is 64.5 Å². The number of carbonyl (C=O) groups excluding carboxylic acids is 2. The predicted molar refractivity (Wildman–Crippen MR) is 160 cm³/mol. The highest BCUT2D eigenvalue weighted by Crippen LogP contribution is 2.43. The molecule has 1 aromatic carbocycles. The van der Waals surface area contributed by atoms with Gasteiger partial charge in [-0.05, 0) is 50.5 Å². The van der Waals surface area contributed by atoms with E-state index in [4.69, 9.17) is 11.6 Å². The van der Waals surface area contributed by atoms with Gasteiger partial charge in [0.1, 0.15) is 0 Å². The van der Waals surface area contributed by atoms with Crippen LogP contribution >= 0.6 is 11.6 Å². The zero-order chi connectivity index (χ0) is 30.2. The first kappa shape index (κ1) is 30.2. The number of hydrogen-bond acceptors (Lipinski definition) is 6. The second kappa shape index (κ2) is 12.1. The number of halogens is 1. The van der Waals surface area contributed by atoms with Crippen LogP contribution in [-0.4, -0.2) is 59.3 Å². The van der Waals surface area contributed by atoms with Crippen LogP contribution in [0.25, 0.3) is 0 Å². The summed E-state index contributed by atoms with van der Waals surface area (Å²) in [4.78, 5) is 42.4. The van der Waals surface area contributed by atoms with Gasteiger partial charge < -0.3 is 10.2 Å². The van der Waals surface area contributed by atoms with Crippen LogP contribution in [-0.2, 0) is 21.4 Å². The van der Waals surface area contributed by atoms with Crippen molar-refractivity contribution in [3.8, 4) is 0 Å². The fraction of sp³-hybridized carbons (Fsp3) is 0.467. The van der Waals surface area contributed by atoms with Gasteiger partial charge in [-0.15, -0.1) is 0 Å². The van der Waals surface area contributed by atoms with Crippen molar-refractivity contribution in [3.05, 3.63) is 86.8 Å². The summed E-state index contributed by atoms with van der Waals surface area (Å²) in [6.45, 7) is 3.80. The average Bonchev–Trinajstić information content (AvgIpc) is 3.37. The number of aromatic nitrogens is 2. The molecule has 5 atom stereocenters. The summed E-state index contributed by atoms with van der Waals surface area (Å²) in [5, 5.41) is 7.92. The lowest BCUT2D eigenvalue weighted by Gasteiger charge is -2.50. The van der Waals surface area contributed by atoms with Crippen molar-refractivity contribution in [1.82, 2.24) is 24.7 Å². The average molecular weight is 614 g/mol. The molecule has 2 amide bonds. The Labute approximate surface area is 250 Å². The predicted octanol–water partition coefficient (Wildman–Crippen LogP) is 3.22. The molecule has 0 bridgehead atoms. The van der Waals surface area contributed by atoms with E-state index in [1.54, 1.807) is 41.3 Å². The molecule has 1 fully saturated rings. The zero-order valence-corrected chi connectivity index (χ0v) is 25.4. The van der Waals surface area contributed by atoms with E-state index in [9.17, 15) is 22.8 Å². The molecule has 1 aliphatic heterocycles. The monoisotopic (exact) mass is 613 g/mol. The summed E-state index contributed by atoms with van der Waals surface area (Å²) in [5.41, 5.74) is 1.33. The summed E-state index contributed by atoms with van der Waals surface area (Å²) >= 11 is 6.38. The number of fused-ring (bicyclic) bond motifs is 1. The highest BCUT2D eigenvalue weighted by Gasteiger charge is 2.50. The maximum absolute atomic E-state index is 14.3. The Bertz CT molecular complexity index is 1600. The Hall–Kier alpha value is -3.28. The second-order valence-electron chi connectivity index (χ2n) is 11.5. The van der Waals surface area contributed by atoms with Crippen molar-refractivity contribution in [3.63, 3.8) is 0 Å². The summed E-state index contributed by atoms with van der Waals surface area (Å²) < 4.78 is 28.8. The number of nitrogens with zero attached hydrogens (tertiary/aromatic N) is 3. The van der Waals surface area contributed by atoms with Crippen LogP contribution < -0.4 is 15.6 Å². The molecule has 5 rings (SSSR count). The quantitative estimate of drug-likeness (QED) is 0.470. The molecule has 1 saturated carbocycles. The van der Waals surface area contributed by atoms with Gasteiger partial charge in [-0.25, -0.2) is 17.8 Å². The molecule has 0 spiro atoms. The van der Waals surface area contributed by atoms with Gasteiger partial charge in [0.05, 0.1) is 36.5 Å². The number of hydrogen-bond donors (Lipinski definition) is 2. The van der Waals surface area contributed by atoms with Crippen molar-refractivity contribution < 1.29 is 18.0 Å². The molecule has 224 valence electrons. The lowest BCUT2D eigenvalue weighted by atomic mass is 9.74. The van der Waals surface area contributed by atoms with E-state index < -0.39 is 34.1 Å². The van der Waals surface area contributed by atoms with E-state index in [-0.39, 0.29) is 35.9 Å². The molecule has 3 aliphatic rings. The Balaban J connectivity index is 1.56. The van der Waals surface area contributed by atoms with Crippen LogP contribution in [0.2, 0.25) is 0 Å². The molecule has 2 aromatic rings. The van der Waals surface area contributed by atoms with Gasteiger partial charge in [-0.1, -0.05) is 54.8 Å². The lowest BCUT2D eigenvalue weighted by molar-refractivity contribution is -0.125. The summed E-state index contributed by atoms with van der Waals surface area (Å²) in [5.74, 6) is -1.68. The number of carbonyl (C=O) groups is 2. The van der Waals surface area contributed by atoms with E-state index in [0.717, 1.165) is 19.1 Å². The van der Waals surface area contributed by atoms with Gasteiger partial charge in [-0.2, -0.15) is 5.10 Å². The van der Waals surface area contributed by atoms with Gasteiger partial charge in [0.2, 0.25) is 15.9 Å². The number of amides is 2. The lowest BCUT2D eigenvalue weighted by Crippen LogP contribution is -2.63. The number of allylic oxidation sites excluding steroid dienone is 2. The fourth-order valence-corrected chi connectivity index (χ4v) is 7.48. The topological polar surface area (TPSA) is 130 Å². The molecule has 0 radical (unpaired) electrons. The van der Waals surface area contributed by atoms with Crippen LogP contribution in [0.3, 0.4) is 0 Å². The SMILES string of the molecule is CC(C)n1nc(CNC(=O)[C@@H]2c3ccccc3C(=O)N([C@H]3CCCC[C@@H]3NS(C)(=O)=O)C2C2C=CC(Cl)=C2)ccc1=O. The van der Waals surface area contributed by atoms with Crippen molar-refractivity contribution in [1.29, 1.82) is 0 Å². The van der Waals surface area contributed by atoms with E-state index >= 15 is 0 Å². The molecule has 10 nitrogen and oxygen atoms in total. The highest BCUT2D eigenvalue weighted by atomic mass is 35.5. The molecule has 42 heavy (non-hydrogen) atoms. The summed E-state index contributed by atoms with van der Waals surface area (Å²) in [7, 11) is -3.55. The zero-order valence-electron chi connectivity index (χ0n) is 23.9. The van der Waals surface area contributed by atoms with Crippen LogP contribution in [0, 0.1) is 5.92 Å². The molecular formula is C30H36ClN5O5S. The number of nitrogens with one attached hydrogen (secondary N) is 2. The third kappa shape index (κ3) is 6.23. The minimum Gasteiger partial charge on any atom is -0.350 e. The molecule has 0 saturated heterocycles. The summed E-state index contributed by atoms with van der Waals surface area (Å²) in [6, 6.07) is 8.39. The van der Waals surface area contributed by atoms with Crippen LogP contribution in [0.5, 0.6) is 0 Å². The summed E-state index contributed by atoms with van der Waals surface area (Å²) in [6.07, 6.45) is 9.45. The van der Waals surface area contributed by atoms with E-state index in [0.29, 0.717) is 34.7 Å². The molecule has 2 heterocycles. The third-order valence-electron chi connectivity index (χ3n) is 8.20. The van der Waals surface area contributed by atoms with Crippen LogP contribution in [0.4, 0.5) is 0 Å². The fourth-order valence-electron chi connectivity index (χ4n) is 6.44. The van der Waals surface area contributed by atoms with Crippen molar-refractivity contribution in [2.24, 2.45) is 5.92 Å². The van der Waals surface area contributed by atoms with Crippen LogP contribution in [0.1, 0.15) is 73.1 Å². The van der Waals surface area contributed by atoms with Crippen molar-refractivity contribution in [2.75, 3.05) is 6.26 Å². The van der Waals surface area contributed by atoms with Gasteiger partial charge >= 0.3 is 0 Å². The standard InChI is InChI=1S/C30H36ClN5O5S/c1-18(2)36-26(37)15-14-21(33-36)17-32-29(38)27-22-8-4-5-9-23(22)30(39)35(28(27)19-12-13-20(31)16-19)25-11-7-6-10-24(25)34-42(3,40)41/h4-5,8-9,12-16,18-19,24-25,27-28,34H,6-7,10-11,17H2,1-3H3,(H,32,38)/t19?,24-,25-,27+,28?/m0/s1. The van der Waals surface area contributed by atoms with Gasteiger partial charge in [0.25, 0.3) is 11.5 Å². The van der Waals surface area contributed by atoms with E-state index in [1.807, 2.05) is 26.0 Å². The Morgan fingerprint density at radius 2 is 1.86 bits per heavy atom. The van der Waals surface area contributed by atoms with Gasteiger partial charge in [-0.3, -0.25) is 14.4 Å². The van der Waals surface area contributed by atoms with E-state index in [1.165, 1.54) is 10.7 Å². The normalized spacial score (nSPS) is 25.8. The first-order valence-corrected chi connectivity index (χ1v) is 16.5. The Morgan fingerprint density at radius 1 is 1.12 bits per heavy atom. The van der Waals surface area contributed by atoms with E-state index in [2.05, 4.69) is 15.1 Å². The van der Waals surface area contributed by atoms with Gasteiger partial charge in [0.15, 0.2) is 0 Å². The number of sulfonamides is 1. The smallest absolute Gasteiger partial charge is 0.266 e. The Kier molecular flexibility index (Phi) is 8.73. The Morgan fingerprint density at radius 3 is 2.55 bits per heavy atom. The molecular weight excluding hydrogens is 578 g/mol. The minimum atomic E-state index is -3.55. The van der Waals surface area contributed by atoms with Crippen molar-refractivity contribution in [2.45, 2.75) is 76.2 Å². The van der Waals surface area contributed by atoms with Crippen molar-refractivity contribution >= 4 is 33.4 Å². The maximum Gasteiger partial charge on any atom is 0.266 e. The largest absolute Gasteiger partial charge is 0.350 e. The molecule has 2 aliphatic carbocycles. The maximum atomic E-state index is 14.3.